The third kappa shape index (κ3) is 12.0. The minimum Gasteiger partial charge on any atom is -0.464 e. The van der Waals surface area contributed by atoms with Crippen molar-refractivity contribution in [3.8, 4) is 0 Å². The van der Waals surface area contributed by atoms with Crippen LogP contribution in [-0.2, 0) is 9.53 Å². The third-order valence-electron chi connectivity index (χ3n) is 5.08. The smallest absolute Gasteiger partial charge is 0.325 e. The van der Waals surface area contributed by atoms with Gasteiger partial charge in [0.05, 0.1) is 12.2 Å². The maximum atomic E-state index is 12.4. The number of benzene rings is 1. The van der Waals surface area contributed by atoms with Gasteiger partial charge >= 0.3 is 5.97 Å². The summed E-state index contributed by atoms with van der Waals surface area (Å²) in [6.07, 6.45) is 15.3. The van der Waals surface area contributed by atoms with E-state index in [2.05, 4.69) is 22.9 Å². The average Bonchev–Trinajstić information content (AvgIpc) is 2.71. The van der Waals surface area contributed by atoms with Crippen molar-refractivity contribution in [1.29, 1.82) is 0 Å². The molecule has 0 aliphatic heterocycles. The van der Waals surface area contributed by atoms with Crippen LogP contribution in [0.3, 0.4) is 0 Å². The number of hydrogen-bond acceptors (Lipinski definition) is 3. The molecule has 29 heavy (non-hydrogen) atoms. The van der Waals surface area contributed by atoms with Crippen LogP contribution in [0.2, 0.25) is 0 Å². The molecule has 4 nitrogen and oxygen atoms in total. The summed E-state index contributed by atoms with van der Waals surface area (Å²) in [6, 6.07) is 7.20. The summed E-state index contributed by atoms with van der Waals surface area (Å²) in [5.74, 6) is -0.546. The van der Waals surface area contributed by atoms with Gasteiger partial charge in [-0.05, 0) is 34.5 Å². The zero-order chi connectivity index (χ0) is 21.3. The quantitative estimate of drug-likeness (QED) is 0.199. The van der Waals surface area contributed by atoms with E-state index in [1.807, 2.05) is 12.1 Å². The third-order valence-corrected chi connectivity index (χ3v) is 5.77. The number of unbranched alkanes of at least 4 members (excludes halogenated alkanes) is 11. The molecule has 0 saturated carbocycles. The minimum atomic E-state index is -0.351. The van der Waals surface area contributed by atoms with Crippen LogP contribution in [0, 0.1) is 0 Å². The van der Waals surface area contributed by atoms with Crippen molar-refractivity contribution in [2.45, 2.75) is 84.0 Å². The van der Waals surface area contributed by atoms with Crippen LogP contribution in [0.1, 0.15) is 94.3 Å². The monoisotopic (exact) mass is 467 g/mol. The van der Waals surface area contributed by atoms with E-state index in [1.54, 1.807) is 19.2 Å². The molecular formula is C24H38BrNO3. The van der Waals surface area contributed by atoms with Gasteiger partial charge in [0.2, 0.25) is 0 Å². The van der Waals surface area contributed by atoms with Gasteiger partial charge in [0, 0.05) is 11.5 Å². The Balaban J connectivity index is 2.00. The Labute approximate surface area is 185 Å². The summed E-state index contributed by atoms with van der Waals surface area (Å²) in [5.41, 5.74) is 0.545. The number of hydrogen-bond donors (Lipinski definition) is 0. The molecule has 0 spiro atoms. The van der Waals surface area contributed by atoms with Gasteiger partial charge in [-0.25, -0.2) is 0 Å². The van der Waals surface area contributed by atoms with Crippen molar-refractivity contribution in [1.82, 2.24) is 4.90 Å². The molecule has 0 N–H and O–H groups in total. The van der Waals surface area contributed by atoms with Crippen LogP contribution in [-0.4, -0.2) is 37.0 Å². The Morgan fingerprint density at radius 1 is 0.862 bits per heavy atom. The van der Waals surface area contributed by atoms with Crippen molar-refractivity contribution in [2.75, 3.05) is 20.2 Å². The largest absolute Gasteiger partial charge is 0.464 e. The molecule has 0 bridgehead atoms. The Hall–Kier alpha value is -1.36. The highest BCUT2D eigenvalue weighted by Gasteiger charge is 2.17. The molecule has 164 valence electrons. The average molecular weight is 468 g/mol. The molecule has 0 saturated heterocycles. The van der Waals surface area contributed by atoms with Gasteiger partial charge in [0.25, 0.3) is 5.91 Å². The first-order valence-corrected chi connectivity index (χ1v) is 12.0. The molecule has 0 radical (unpaired) electrons. The van der Waals surface area contributed by atoms with Crippen molar-refractivity contribution >= 4 is 27.8 Å². The maximum absolute atomic E-state index is 12.4. The molecule has 5 heteroatoms. The maximum Gasteiger partial charge on any atom is 0.325 e. The van der Waals surface area contributed by atoms with E-state index in [9.17, 15) is 9.59 Å². The van der Waals surface area contributed by atoms with Gasteiger partial charge < -0.3 is 9.64 Å². The van der Waals surface area contributed by atoms with Crippen LogP contribution in [0.25, 0.3) is 0 Å². The van der Waals surface area contributed by atoms with Gasteiger partial charge in [0.15, 0.2) is 0 Å². The zero-order valence-electron chi connectivity index (χ0n) is 18.3. The Morgan fingerprint density at radius 3 is 1.93 bits per heavy atom. The van der Waals surface area contributed by atoms with Crippen molar-refractivity contribution in [3.05, 3.63) is 34.3 Å². The first-order chi connectivity index (χ1) is 14.1. The van der Waals surface area contributed by atoms with Crippen LogP contribution < -0.4 is 0 Å². The van der Waals surface area contributed by atoms with Gasteiger partial charge in [0.1, 0.15) is 6.54 Å². The highest BCUT2D eigenvalue weighted by Crippen LogP contribution is 2.17. The predicted octanol–water partition coefficient (Wildman–Crippen LogP) is 6.77. The number of likely N-dealkylation sites (N-methyl/N-ethyl adjacent to an activating group) is 1. The molecule has 0 atom stereocenters. The van der Waals surface area contributed by atoms with Crippen molar-refractivity contribution in [2.24, 2.45) is 0 Å². The second-order valence-electron chi connectivity index (χ2n) is 7.75. The minimum absolute atomic E-state index is 0.0293. The second-order valence-corrected chi connectivity index (χ2v) is 8.60. The predicted molar refractivity (Wildman–Crippen MR) is 123 cm³/mol. The molecule has 0 fully saturated rings. The van der Waals surface area contributed by atoms with Gasteiger partial charge in [-0.15, -0.1) is 0 Å². The lowest BCUT2D eigenvalue weighted by Gasteiger charge is -2.17. The standard InChI is InChI=1S/C24H38BrNO3/c1-3-4-5-6-7-8-9-10-11-12-13-16-19-29-23(27)20-26(2)24(28)21-17-14-15-18-22(21)25/h14-15,17-18H,3-13,16,19-20H2,1-2H3. The Bertz CT molecular complexity index is 591. The summed E-state index contributed by atoms with van der Waals surface area (Å²) in [7, 11) is 1.62. The first-order valence-electron chi connectivity index (χ1n) is 11.2. The molecule has 0 aliphatic carbocycles. The fourth-order valence-corrected chi connectivity index (χ4v) is 3.73. The number of ether oxygens (including phenoxy) is 1. The molecule has 0 heterocycles. The van der Waals surface area contributed by atoms with E-state index in [1.165, 1.54) is 69.1 Å². The zero-order valence-corrected chi connectivity index (χ0v) is 19.8. The molecule has 1 rings (SSSR count). The first kappa shape index (κ1) is 25.7. The van der Waals surface area contributed by atoms with Gasteiger partial charge in [-0.2, -0.15) is 0 Å². The van der Waals surface area contributed by atoms with Crippen molar-refractivity contribution < 1.29 is 14.3 Å². The van der Waals surface area contributed by atoms with Gasteiger partial charge in [-0.3, -0.25) is 9.59 Å². The van der Waals surface area contributed by atoms with E-state index < -0.39 is 0 Å². The SMILES string of the molecule is CCCCCCCCCCCCCCOC(=O)CN(C)C(=O)c1ccccc1Br. The Kier molecular flexibility index (Phi) is 14.6. The number of carbonyl (C=O) groups excluding carboxylic acids is 2. The molecule has 1 amide bonds. The fraction of sp³-hybridized carbons (Fsp3) is 0.667. The number of carbonyl (C=O) groups is 2. The van der Waals surface area contributed by atoms with Crippen LogP contribution in [0.15, 0.2) is 28.7 Å². The lowest BCUT2D eigenvalue weighted by atomic mass is 10.1. The molecule has 0 aliphatic rings. The second kappa shape index (κ2) is 16.4. The molecule has 0 unspecified atom stereocenters. The Morgan fingerprint density at radius 2 is 1.38 bits per heavy atom. The van der Waals surface area contributed by atoms with Crippen LogP contribution in [0.4, 0.5) is 0 Å². The van der Waals surface area contributed by atoms with E-state index in [0.29, 0.717) is 12.2 Å². The van der Waals surface area contributed by atoms with Crippen molar-refractivity contribution in [3.63, 3.8) is 0 Å². The lowest BCUT2D eigenvalue weighted by Crippen LogP contribution is -2.33. The lowest BCUT2D eigenvalue weighted by molar-refractivity contribution is -0.144. The summed E-state index contributed by atoms with van der Waals surface area (Å²) >= 11 is 3.37. The summed E-state index contributed by atoms with van der Waals surface area (Å²) in [5, 5.41) is 0. The van der Waals surface area contributed by atoms with Crippen LogP contribution in [0.5, 0.6) is 0 Å². The molecular weight excluding hydrogens is 430 g/mol. The number of esters is 1. The highest BCUT2D eigenvalue weighted by atomic mass is 79.9. The highest BCUT2D eigenvalue weighted by molar-refractivity contribution is 9.10. The number of nitrogens with zero attached hydrogens (tertiary/aromatic N) is 1. The van der Waals surface area contributed by atoms with Crippen LogP contribution >= 0.6 is 15.9 Å². The number of amides is 1. The van der Waals surface area contributed by atoms with E-state index in [-0.39, 0.29) is 18.4 Å². The molecule has 1 aromatic carbocycles. The number of halogens is 1. The summed E-state index contributed by atoms with van der Waals surface area (Å²) in [6.45, 7) is 2.66. The topological polar surface area (TPSA) is 46.6 Å². The van der Waals surface area contributed by atoms with Gasteiger partial charge in [-0.1, -0.05) is 89.7 Å². The number of rotatable bonds is 16. The van der Waals surface area contributed by atoms with E-state index in [4.69, 9.17) is 4.74 Å². The molecule has 1 aromatic rings. The normalized spacial score (nSPS) is 10.7. The molecule has 0 aromatic heterocycles. The van der Waals surface area contributed by atoms with E-state index in [0.717, 1.165) is 17.3 Å². The summed E-state index contributed by atoms with van der Waals surface area (Å²) < 4.78 is 6.00. The fourth-order valence-electron chi connectivity index (χ4n) is 3.28. The van der Waals surface area contributed by atoms with E-state index >= 15 is 0 Å². The summed E-state index contributed by atoms with van der Waals surface area (Å²) in [4.78, 5) is 25.7.